The average molecular weight is 434 g/mol. The standard InChI is InChI=1S/C25H27N3O4/c1-28(19-13-14-32-16-19)25(31)18-11-12-20-22(15-18)26-21(9-5-6-10-23(29)30)24(27-20)17-7-3-2-4-8-17/h2-4,7-8,11-12,15,19H,5-6,9-10,13-14,16H2,1H3,(H,29,30). The number of benzene rings is 2. The number of ether oxygens (including phenoxy) is 1. The lowest BCUT2D eigenvalue weighted by atomic mass is 10.0. The quantitative estimate of drug-likeness (QED) is 0.541. The van der Waals surface area contributed by atoms with E-state index in [0.717, 1.165) is 28.9 Å². The van der Waals surface area contributed by atoms with Crippen molar-refractivity contribution >= 4 is 22.9 Å². The maximum absolute atomic E-state index is 13.0. The van der Waals surface area contributed by atoms with Crippen molar-refractivity contribution in [1.29, 1.82) is 0 Å². The summed E-state index contributed by atoms with van der Waals surface area (Å²) in [4.78, 5) is 35.3. The van der Waals surface area contributed by atoms with Gasteiger partial charge in [0, 0.05) is 31.2 Å². The fraction of sp³-hybridized carbons (Fsp3) is 0.360. The van der Waals surface area contributed by atoms with Gasteiger partial charge in [0.05, 0.1) is 35.1 Å². The monoisotopic (exact) mass is 433 g/mol. The van der Waals surface area contributed by atoms with Gasteiger partial charge in [0.25, 0.3) is 5.91 Å². The first-order valence-electron chi connectivity index (χ1n) is 11.0. The Balaban J connectivity index is 1.66. The van der Waals surface area contributed by atoms with Gasteiger partial charge in [-0.25, -0.2) is 9.97 Å². The number of nitrogens with zero attached hydrogens (tertiary/aromatic N) is 3. The third-order valence-corrected chi connectivity index (χ3v) is 5.86. The minimum atomic E-state index is -0.794. The Morgan fingerprint density at radius 3 is 2.62 bits per heavy atom. The predicted octanol–water partition coefficient (Wildman–Crippen LogP) is 3.96. The predicted molar refractivity (Wildman–Crippen MR) is 121 cm³/mol. The third-order valence-electron chi connectivity index (χ3n) is 5.86. The lowest BCUT2D eigenvalue weighted by Gasteiger charge is -2.23. The minimum absolute atomic E-state index is 0.0562. The number of carbonyl (C=O) groups is 2. The second-order valence-corrected chi connectivity index (χ2v) is 8.12. The van der Waals surface area contributed by atoms with Crippen LogP contribution in [0.25, 0.3) is 22.3 Å². The molecule has 166 valence electrons. The number of carboxylic acid groups (broad SMARTS) is 1. The number of rotatable bonds is 8. The highest BCUT2D eigenvalue weighted by molar-refractivity contribution is 5.97. The number of likely N-dealkylation sites (N-methyl/N-ethyl adjacent to an activating group) is 1. The molecule has 0 aliphatic carbocycles. The van der Waals surface area contributed by atoms with Crippen molar-refractivity contribution in [3.63, 3.8) is 0 Å². The van der Waals surface area contributed by atoms with Gasteiger partial charge in [-0.15, -0.1) is 0 Å². The zero-order valence-electron chi connectivity index (χ0n) is 18.2. The number of carboxylic acids is 1. The molecule has 1 aromatic heterocycles. The molecule has 0 saturated carbocycles. The lowest BCUT2D eigenvalue weighted by molar-refractivity contribution is -0.137. The Morgan fingerprint density at radius 1 is 1.09 bits per heavy atom. The summed E-state index contributed by atoms with van der Waals surface area (Å²) < 4.78 is 5.41. The number of unbranched alkanes of at least 4 members (excludes halogenated alkanes) is 1. The van der Waals surface area contributed by atoms with Crippen LogP contribution in [0.15, 0.2) is 48.5 Å². The van der Waals surface area contributed by atoms with Crippen LogP contribution < -0.4 is 0 Å². The largest absolute Gasteiger partial charge is 0.481 e. The van der Waals surface area contributed by atoms with E-state index in [-0.39, 0.29) is 18.4 Å². The van der Waals surface area contributed by atoms with Gasteiger partial charge in [-0.3, -0.25) is 9.59 Å². The van der Waals surface area contributed by atoms with E-state index in [1.807, 2.05) is 43.4 Å². The molecule has 0 spiro atoms. The number of carbonyl (C=O) groups excluding carboxylic acids is 1. The van der Waals surface area contributed by atoms with E-state index in [4.69, 9.17) is 19.8 Å². The molecule has 1 aliphatic rings. The van der Waals surface area contributed by atoms with Gasteiger partial charge < -0.3 is 14.7 Å². The number of aliphatic carboxylic acids is 1. The van der Waals surface area contributed by atoms with E-state index in [1.165, 1.54) is 0 Å². The summed E-state index contributed by atoms with van der Waals surface area (Å²) in [5, 5.41) is 8.92. The Labute approximate surface area is 187 Å². The van der Waals surface area contributed by atoms with Crippen LogP contribution in [-0.2, 0) is 16.0 Å². The molecule has 3 aromatic rings. The number of hydrogen-bond donors (Lipinski definition) is 1. The first-order chi connectivity index (χ1) is 15.5. The highest BCUT2D eigenvalue weighted by Gasteiger charge is 2.25. The zero-order valence-corrected chi connectivity index (χ0v) is 18.2. The molecule has 1 N–H and O–H groups in total. The second kappa shape index (κ2) is 9.87. The molecular weight excluding hydrogens is 406 g/mol. The topological polar surface area (TPSA) is 92.6 Å². The molecule has 7 heteroatoms. The van der Waals surface area contributed by atoms with Crippen LogP contribution in [-0.4, -0.2) is 58.2 Å². The maximum atomic E-state index is 13.0. The van der Waals surface area contributed by atoms with Crippen LogP contribution in [0.4, 0.5) is 0 Å². The lowest BCUT2D eigenvalue weighted by Crippen LogP contribution is -2.37. The number of hydrogen-bond acceptors (Lipinski definition) is 5. The van der Waals surface area contributed by atoms with Crippen molar-refractivity contribution in [1.82, 2.24) is 14.9 Å². The Kier molecular flexibility index (Phi) is 6.75. The summed E-state index contributed by atoms with van der Waals surface area (Å²) in [5.74, 6) is -0.850. The van der Waals surface area contributed by atoms with Crippen molar-refractivity contribution in [2.45, 2.75) is 38.1 Å². The van der Waals surface area contributed by atoms with Gasteiger partial charge in [0.15, 0.2) is 0 Å². The third kappa shape index (κ3) is 4.94. The second-order valence-electron chi connectivity index (χ2n) is 8.12. The number of aryl methyl sites for hydroxylation is 1. The highest BCUT2D eigenvalue weighted by atomic mass is 16.5. The SMILES string of the molecule is CN(C(=O)c1ccc2nc(-c3ccccc3)c(CCCCC(=O)O)nc2c1)C1CCOC1. The van der Waals surface area contributed by atoms with Gasteiger partial charge >= 0.3 is 5.97 Å². The van der Waals surface area contributed by atoms with Gasteiger partial charge in [0.1, 0.15) is 0 Å². The fourth-order valence-electron chi connectivity index (χ4n) is 3.99. The maximum Gasteiger partial charge on any atom is 0.303 e. The average Bonchev–Trinajstić information content (AvgIpc) is 3.35. The summed E-state index contributed by atoms with van der Waals surface area (Å²) in [7, 11) is 1.81. The van der Waals surface area contributed by atoms with E-state index in [9.17, 15) is 9.59 Å². The van der Waals surface area contributed by atoms with E-state index >= 15 is 0 Å². The molecule has 1 atom stereocenters. The first-order valence-corrected chi connectivity index (χ1v) is 11.0. The molecule has 1 saturated heterocycles. The van der Waals surface area contributed by atoms with Crippen LogP contribution in [0.5, 0.6) is 0 Å². The Hall–Kier alpha value is -3.32. The molecule has 1 fully saturated rings. The molecule has 2 heterocycles. The van der Waals surface area contributed by atoms with Gasteiger partial charge in [-0.2, -0.15) is 0 Å². The summed E-state index contributed by atoms with van der Waals surface area (Å²) in [5.41, 5.74) is 4.55. The molecule has 7 nitrogen and oxygen atoms in total. The summed E-state index contributed by atoms with van der Waals surface area (Å²) >= 11 is 0. The normalized spacial score (nSPS) is 15.7. The van der Waals surface area contributed by atoms with Gasteiger partial charge in [0.2, 0.25) is 0 Å². The van der Waals surface area contributed by atoms with E-state index in [1.54, 1.807) is 17.0 Å². The van der Waals surface area contributed by atoms with Crippen molar-refractivity contribution in [2.75, 3.05) is 20.3 Å². The molecule has 1 unspecified atom stereocenters. The molecule has 1 amide bonds. The molecule has 4 rings (SSSR count). The van der Waals surface area contributed by atoms with Crippen molar-refractivity contribution < 1.29 is 19.4 Å². The molecule has 1 aliphatic heterocycles. The zero-order chi connectivity index (χ0) is 22.5. The number of fused-ring (bicyclic) bond motifs is 1. The van der Waals surface area contributed by atoms with Crippen LogP contribution in [0.1, 0.15) is 41.7 Å². The number of amides is 1. The van der Waals surface area contributed by atoms with Crippen molar-refractivity contribution in [3.8, 4) is 11.3 Å². The van der Waals surface area contributed by atoms with Crippen molar-refractivity contribution in [2.24, 2.45) is 0 Å². The van der Waals surface area contributed by atoms with E-state index in [2.05, 4.69) is 0 Å². The molecule has 2 aromatic carbocycles. The highest BCUT2D eigenvalue weighted by Crippen LogP contribution is 2.26. The number of aromatic nitrogens is 2. The van der Waals surface area contributed by atoms with Crippen LogP contribution in [0.3, 0.4) is 0 Å². The fourth-order valence-corrected chi connectivity index (χ4v) is 3.99. The summed E-state index contributed by atoms with van der Waals surface area (Å²) in [6.07, 6.45) is 2.89. The first kappa shape index (κ1) is 21.9. The van der Waals surface area contributed by atoms with Gasteiger partial charge in [-0.1, -0.05) is 30.3 Å². The molecule has 0 radical (unpaired) electrons. The Bertz CT molecular complexity index is 1110. The molecule has 32 heavy (non-hydrogen) atoms. The van der Waals surface area contributed by atoms with Gasteiger partial charge in [-0.05, 0) is 43.9 Å². The summed E-state index contributed by atoms with van der Waals surface area (Å²) in [6.45, 7) is 1.25. The minimum Gasteiger partial charge on any atom is -0.481 e. The van der Waals surface area contributed by atoms with E-state index < -0.39 is 5.97 Å². The van der Waals surface area contributed by atoms with Crippen LogP contribution >= 0.6 is 0 Å². The van der Waals surface area contributed by atoms with E-state index in [0.29, 0.717) is 43.6 Å². The Morgan fingerprint density at radius 2 is 1.91 bits per heavy atom. The van der Waals surface area contributed by atoms with Crippen LogP contribution in [0, 0.1) is 0 Å². The van der Waals surface area contributed by atoms with Crippen molar-refractivity contribution in [3.05, 3.63) is 59.8 Å². The molecular formula is C25H27N3O4. The van der Waals surface area contributed by atoms with Crippen LogP contribution in [0.2, 0.25) is 0 Å². The smallest absolute Gasteiger partial charge is 0.303 e. The molecule has 0 bridgehead atoms. The summed E-state index contributed by atoms with van der Waals surface area (Å²) in [6, 6.07) is 15.4.